The van der Waals surface area contributed by atoms with Gasteiger partial charge in [0.05, 0.1) is 30.4 Å². The Bertz CT molecular complexity index is 1120. The summed E-state index contributed by atoms with van der Waals surface area (Å²) in [6, 6.07) is 9.50. The van der Waals surface area contributed by atoms with Gasteiger partial charge in [0.25, 0.3) is 0 Å². The molecule has 5 unspecified atom stereocenters. The Morgan fingerprint density at radius 1 is 1.16 bits per heavy atom. The average molecular weight is 438 g/mol. The van der Waals surface area contributed by atoms with E-state index in [0.29, 0.717) is 42.8 Å². The molecule has 1 aromatic carbocycles. The maximum atomic E-state index is 12.1. The lowest BCUT2D eigenvalue weighted by molar-refractivity contribution is -0.119. The molecule has 10 nitrogen and oxygen atoms in total. The van der Waals surface area contributed by atoms with Crippen molar-refractivity contribution >= 4 is 22.9 Å². The van der Waals surface area contributed by atoms with Crippen LogP contribution in [-0.4, -0.2) is 71.6 Å². The Balaban J connectivity index is 1.48. The first-order chi connectivity index (χ1) is 15.5. The number of carbonyl (C=O) groups is 1. The SMILES string of the molecule is O=C1CC(Cc2ccccc2)(Nc2ncnc3c2ncn3C2CC(CO)C(O)C2O)CN1. The summed E-state index contributed by atoms with van der Waals surface area (Å²) >= 11 is 0. The molecule has 10 heteroatoms. The number of rotatable bonds is 6. The van der Waals surface area contributed by atoms with Crippen LogP contribution >= 0.6 is 0 Å². The van der Waals surface area contributed by atoms with Gasteiger partial charge in [0.15, 0.2) is 11.5 Å². The van der Waals surface area contributed by atoms with Crippen molar-refractivity contribution in [2.45, 2.75) is 43.1 Å². The molecule has 168 valence electrons. The van der Waals surface area contributed by atoms with Crippen LogP contribution in [0, 0.1) is 5.92 Å². The number of aromatic nitrogens is 4. The van der Waals surface area contributed by atoms with Gasteiger partial charge in [0, 0.05) is 19.1 Å². The number of aliphatic hydroxyl groups is 3. The predicted molar refractivity (Wildman–Crippen MR) is 116 cm³/mol. The van der Waals surface area contributed by atoms with Crippen LogP contribution in [0.2, 0.25) is 0 Å². The molecule has 2 aromatic heterocycles. The third kappa shape index (κ3) is 3.60. The van der Waals surface area contributed by atoms with Crippen molar-refractivity contribution in [3.63, 3.8) is 0 Å². The van der Waals surface area contributed by atoms with E-state index >= 15 is 0 Å². The molecule has 5 N–H and O–H groups in total. The molecule has 2 fully saturated rings. The topological polar surface area (TPSA) is 145 Å². The molecule has 5 rings (SSSR count). The second-order valence-electron chi connectivity index (χ2n) is 8.79. The first-order valence-electron chi connectivity index (χ1n) is 10.7. The van der Waals surface area contributed by atoms with Crippen LogP contribution in [0.4, 0.5) is 5.82 Å². The Morgan fingerprint density at radius 2 is 1.97 bits per heavy atom. The lowest BCUT2D eigenvalue weighted by atomic mass is 9.89. The molecule has 1 saturated carbocycles. The number of hydrogen-bond acceptors (Lipinski definition) is 8. The van der Waals surface area contributed by atoms with Gasteiger partial charge in [-0.3, -0.25) is 4.79 Å². The van der Waals surface area contributed by atoms with Gasteiger partial charge in [0.2, 0.25) is 5.91 Å². The number of nitrogens with one attached hydrogen (secondary N) is 2. The largest absolute Gasteiger partial charge is 0.396 e. The lowest BCUT2D eigenvalue weighted by Crippen LogP contribution is -2.43. The van der Waals surface area contributed by atoms with Gasteiger partial charge in [-0.15, -0.1) is 0 Å². The molecule has 32 heavy (non-hydrogen) atoms. The number of benzene rings is 1. The maximum Gasteiger partial charge on any atom is 0.222 e. The van der Waals surface area contributed by atoms with E-state index < -0.39 is 29.7 Å². The fourth-order valence-corrected chi connectivity index (χ4v) is 4.94. The minimum Gasteiger partial charge on any atom is -0.396 e. The highest BCUT2D eigenvalue weighted by Gasteiger charge is 2.43. The van der Waals surface area contributed by atoms with E-state index in [1.807, 2.05) is 30.3 Å². The molecular weight excluding hydrogens is 412 g/mol. The molecule has 0 radical (unpaired) electrons. The molecule has 0 spiro atoms. The molecule has 1 aliphatic carbocycles. The summed E-state index contributed by atoms with van der Waals surface area (Å²) in [5.74, 6) is 0.0758. The Labute approximate surface area is 184 Å². The minimum atomic E-state index is -1.03. The Kier molecular flexibility index (Phi) is 5.28. The Hall–Kier alpha value is -3.08. The Morgan fingerprint density at radius 3 is 2.66 bits per heavy atom. The highest BCUT2D eigenvalue weighted by atomic mass is 16.3. The molecule has 5 atom stereocenters. The zero-order valence-electron chi connectivity index (χ0n) is 17.4. The average Bonchev–Trinajstić information content (AvgIpc) is 3.46. The van der Waals surface area contributed by atoms with Crippen molar-refractivity contribution in [3.05, 3.63) is 48.5 Å². The van der Waals surface area contributed by atoms with Crippen LogP contribution in [0.5, 0.6) is 0 Å². The molecule has 2 aliphatic rings. The van der Waals surface area contributed by atoms with Crippen molar-refractivity contribution in [1.82, 2.24) is 24.8 Å². The standard InChI is InChI=1S/C22H26N6O4/c29-9-14-6-15(19(32)18(14)31)28-12-26-17-20(24-11-25-21(17)28)27-22(8-16(30)23-10-22)7-13-4-2-1-3-5-13/h1-5,11-12,14-15,18-19,29,31-32H,6-10H2,(H,23,30)(H,24,25,27). The summed E-state index contributed by atoms with van der Waals surface area (Å²) in [5.41, 5.74) is 1.58. The fraction of sp³-hybridized carbons (Fsp3) is 0.455. The number of anilines is 1. The van der Waals surface area contributed by atoms with Gasteiger partial charge in [-0.1, -0.05) is 30.3 Å². The van der Waals surface area contributed by atoms with Crippen molar-refractivity contribution < 1.29 is 20.1 Å². The quantitative estimate of drug-likeness (QED) is 0.362. The first kappa shape index (κ1) is 20.8. The maximum absolute atomic E-state index is 12.1. The summed E-state index contributed by atoms with van der Waals surface area (Å²) in [7, 11) is 0. The highest BCUT2D eigenvalue weighted by molar-refractivity contribution is 5.85. The van der Waals surface area contributed by atoms with Gasteiger partial charge in [-0.05, 0) is 18.4 Å². The number of nitrogens with zero attached hydrogens (tertiary/aromatic N) is 4. The third-order valence-corrected chi connectivity index (χ3v) is 6.61. The van der Waals surface area contributed by atoms with Crippen molar-refractivity contribution in [3.8, 4) is 0 Å². The van der Waals surface area contributed by atoms with Crippen LogP contribution < -0.4 is 10.6 Å². The molecule has 1 amide bonds. The summed E-state index contributed by atoms with van der Waals surface area (Å²) in [5, 5.41) is 36.6. The van der Waals surface area contributed by atoms with E-state index in [2.05, 4.69) is 25.6 Å². The molecule has 1 aliphatic heterocycles. The van der Waals surface area contributed by atoms with Crippen LogP contribution in [0.15, 0.2) is 43.0 Å². The van der Waals surface area contributed by atoms with Crippen molar-refractivity contribution in [2.75, 3.05) is 18.5 Å². The lowest BCUT2D eigenvalue weighted by Gasteiger charge is -2.29. The molecule has 0 bridgehead atoms. The number of fused-ring (bicyclic) bond motifs is 1. The number of amides is 1. The number of hydrogen-bond donors (Lipinski definition) is 5. The fourth-order valence-electron chi connectivity index (χ4n) is 4.94. The van der Waals surface area contributed by atoms with Crippen molar-refractivity contribution in [1.29, 1.82) is 0 Å². The monoisotopic (exact) mass is 438 g/mol. The summed E-state index contributed by atoms with van der Waals surface area (Å²) < 4.78 is 1.73. The van der Waals surface area contributed by atoms with E-state index in [1.54, 1.807) is 10.9 Å². The summed E-state index contributed by atoms with van der Waals surface area (Å²) in [6.07, 6.45) is 2.30. The van der Waals surface area contributed by atoms with Gasteiger partial charge in [0.1, 0.15) is 17.9 Å². The van der Waals surface area contributed by atoms with Crippen LogP contribution in [-0.2, 0) is 11.2 Å². The van der Waals surface area contributed by atoms with Gasteiger partial charge in [-0.25, -0.2) is 15.0 Å². The van der Waals surface area contributed by atoms with Gasteiger partial charge < -0.3 is 30.5 Å². The van der Waals surface area contributed by atoms with E-state index in [4.69, 9.17) is 0 Å². The number of imidazole rings is 1. The van der Waals surface area contributed by atoms with E-state index in [9.17, 15) is 20.1 Å². The normalized spacial score (nSPS) is 30.0. The van der Waals surface area contributed by atoms with E-state index in [-0.39, 0.29) is 12.5 Å². The van der Waals surface area contributed by atoms with Crippen LogP contribution in [0.1, 0.15) is 24.4 Å². The van der Waals surface area contributed by atoms with E-state index in [0.717, 1.165) is 5.56 Å². The number of aliphatic hydroxyl groups excluding tert-OH is 3. The molecule has 1 saturated heterocycles. The second kappa shape index (κ2) is 8.12. The molecule has 3 heterocycles. The second-order valence-corrected chi connectivity index (χ2v) is 8.79. The molecule has 3 aromatic rings. The third-order valence-electron chi connectivity index (χ3n) is 6.61. The van der Waals surface area contributed by atoms with Crippen LogP contribution in [0.3, 0.4) is 0 Å². The minimum absolute atomic E-state index is 0.0256. The van der Waals surface area contributed by atoms with Gasteiger partial charge >= 0.3 is 0 Å². The number of carbonyl (C=O) groups excluding carboxylic acids is 1. The first-order valence-corrected chi connectivity index (χ1v) is 10.7. The smallest absolute Gasteiger partial charge is 0.222 e. The van der Waals surface area contributed by atoms with Gasteiger partial charge in [-0.2, -0.15) is 0 Å². The van der Waals surface area contributed by atoms with Crippen LogP contribution in [0.25, 0.3) is 11.2 Å². The predicted octanol–water partition coefficient (Wildman–Crippen LogP) is 0.0147. The zero-order chi connectivity index (χ0) is 22.3. The highest BCUT2D eigenvalue weighted by Crippen LogP contribution is 2.37. The van der Waals surface area contributed by atoms with Crippen molar-refractivity contribution in [2.24, 2.45) is 5.92 Å². The summed E-state index contributed by atoms with van der Waals surface area (Å²) in [4.78, 5) is 25.4. The van der Waals surface area contributed by atoms with E-state index in [1.165, 1.54) is 6.33 Å². The summed E-state index contributed by atoms with van der Waals surface area (Å²) in [6.45, 7) is 0.255. The molecular formula is C22H26N6O4. The zero-order valence-corrected chi connectivity index (χ0v) is 17.4.